The summed E-state index contributed by atoms with van der Waals surface area (Å²) >= 11 is 2.11. The van der Waals surface area contributed by atoms with E-state index < -0.39 is 0 Å². The number of nitrogens with one attached hydrogen (secondary N) is 1. The Hall–Kier alpha value is 0.270. The van der Waals surface area contributed by atoms with Gasteiger partial charge in [-0.1, -0.05) is 26.7 Å². The van der Waals surface area contributed by atoms with Gasteiger partial charge in [-0.2, -0.15) is 11.8 Å². The first-order chi connectivity index (χ1) is 7.74. The molecule has 0 aliphatic carbocycles. The van der Waals surface area contributed by atoms with Crippen LogP contribution in [0.4, 0.5) is 0 Å². The van der Waals surface area contributed by atoms with E-state index in [9.17, 15) is 0 Å². The maximum Gasteiger partial charge on any atom is 0.0193 e. The van der Waals surface area contributed by atoms with Gasteiger partial charge in [-0.05, 0) is 19.9 Å². The summed E-state index contributed by atoms with van der Waals surface area (Å²) in [5.41, 5.74) is 0. The highest BCUT2D eigenvalue weighted by Gasteiger charge is 2.20. The smallest absolute Gasteiger partial charge is 0.0193 e. The Morgan fingerprint density at radius 2 is 2.25 bits per heavy atom. The third-order valence-corrected chi connectivity index (χ3v) is 4.43. The zero-order valence-electron chi connectivity index (χ0n) is 11.2. The summed E-state index contributed by atoms with van der Waals surface area (Å²) in [5, 5.41) is 4.40. The summed E-state index contributed by atoms with van der Waals surface area (Å²) in [6.45, 7) is 11.8. The van der Waals surface area contributed by atoms with Gasteiger partial charge < -0.3 is 5.32 Å². The molecule has 0 radical (unpaired) electrons. The van der Waals surface area contributed by atoms with Crippen LogP contribution in [0, 0.1) is 0 Å². The summed E-state index contributed by atoms with van der Waals surface area (Å²) in [7, 11) is 0. The molecule has 96 valence electrons. The Labute approximate surface area is 106 Å². The molecule has 3 heteroatoms. The van der Waals surface area contributed by atoms with Crippen molar-refractivity contribution in [1.82, 2.24) is 10.2 Å². The largest absolute Gasteiger partial charge is 0.315 e. The van der Waals surface area contributed by atoms with Crippen LogP contribution in [0.15, 0.2) is 0 Å². The molecule has 0 spiro atoms. The highest BCUT2D eigenvalue weighted by molar-refractivity contribution is 7.99. The molecule has 2 atom stereocenters. The fourth-order valence-electron chi connectivity index (χ4n) is 2.19. The molecule has 1 saturated heterocycles. The first-order valence-electron chi connectivity index (χ1n) is 6.80. The van der Waals surface area contributed by atoms with E-state index in [2.05, 4.69) is 42.7 Å². The number of rotatable bonds is 7. The van der Waals surface area contributed by atoms with Crippen molar-refractivity contribution in [2.24, 2.45) is 0 Å². The van der Waals surface area contributed by atoms with Gasteiger partial charge in [0.25, 0.3) is 0 Å². The van der Waals surface area contributed by atoms with E-state index in [-0.39, 0.29) is 0 Å². The Kier molecular flexibility index (Phi) is 7.50. The average molecular weight is 244 g/mol. The van der Waals surface area contributed by atoms with Crippen molar-refractivity contribution in [3.05, 3.63) is 0 Å². The Morgan fingerprint density at radius 1 is 1.44 bits per heavy atom. The summed E-state index contributed by atoms with van der Waals surface area (Å²) in [5.74, 6) is 1.31. The van der Waals surface area contributed by atoms with Crippen LogP contribution in [-0.4, -0.2) is 48.1 Å². The van der Waals surface area contributed by atoms with Crippen LogP contribution in [0.5, 0.6) is 0 Å². The molecule has 1 N–H and O–H groups in total. The third-order valence-electron chi connectivity index (χ3n) is 3.29. The van der Waals surface area contributed by atoms with Gasteiger partial charge in [-0.15, -0.1) is 0 Å². The van der Waals surface area contributed by atoms with Crippen LogP contribution in [0.2, 0.25) is 0 Å². The van der Waals surface area contributed by atoms with Crippen molar-refractivity contribution >= 4 is 11.8 Å². The topological polar surface area (TPSA) is 15.3 Å². The van der Waals surface area contributed by atoms with E-state index in [4.69, 9.17) is 0 Å². The maximum atomic E-state index is 3.58. The summed E-state index contributed by atoms with van der Waals surface area (Å²) < 4.78 is 0. The molecule has 1 fully saturated rings. The van der Waals surface area contributed by atoms with E-state index in [1.165, 1.54) is 44.6 Å². The van der Waals surface area contributed by atoms with E-state index in [0.717, 1.165) is 11.8 Å². The van der Waals surface area contributed by atoms with Gasteiger partial charge >= 0.3 is 0 Å². The minimum atomic E-state index is 0.699. The molecule has 1 rings (SSSR count). The number of nitrogens with zero attached hydrogens (tertiary/aromatic N) is 1. The van der Waals surface area contributed by atoms with Crippen molar-refractivity contribution in [2.75, 3.05) is 31.9 Å². The zero-order chi connectivity index (χ0) is 11.8. The van der Waals surface area contributed by atoms with Crippen LogP contribution in [-0.2, 0) is 0 Å². The molecule has 1 heterocycles. The molecule has 16 heavy (non-hydrogen) atoms. The Morgan fingerprint density at radius 3 is 2.94 bits per heavy atom. The second-order valence-corrected chi connectivity index (χ2v) is 6.48. The second-order valence-electron chi connectivity index (χ2n) is 4.94. The van der Waals surface area contributed by atoms with Crippen molar-refractivity contribution in [3.8, 4) is 0 Å². The van der Waals surface area contributed by atoms with Crippen molar-refractivity contribution in [2.45, 2.75) is 51.3 Å². The van der Waals surface area contributed by atoms with Gasteiger partial charge in [0.2, 0.25) is 0 Å². The highest BCUT2D eigenvalue weighted by atomic mass is 32.2. The zero-order valence-corrected chi connectivity index (χ0v) is 12.0. The predicted octanol–water partition coefficient (Wildman–Crippen LogP) is 2.59. The van der Waals surface area contributed by atoms with E-state index in [1.807, 2.05) is 0 Å². The Balaban J connectivity index is 2.06. The van der Waals surface area contributed by atoms with E-state index in [0.29, 0.717) is 6.04 Å². The van der Waals surface area contributed by atoms with Crippen LogP contribution >= 0.6 is 11.8 Å². The monoisotopic (exact) mass is 244 g/mol. The molecule has 0 aromatic rings. The van der Waals surface area contributed by atoms with Gasteiger partial charge in [0, 0.05) is 36.7 Å². The van der Waals surface area contributed by atoms with Crippen molar-refractivity contribution in [1.29, 1.82) is 0 Å². The van der Waals surface area contributed by atoms with Crippen molar-refractivity contribution < 1.29 is 0 Å². The standard InChI is InChI=1S/C13H28N2S/c1-4-5-6-7-14-10-12(2)15-8-9-16-13(3)11-15/h12-14H,4-11H2,1-3H3. The molecule has 1 aliphatic heterocycles. The van der Waals surface area contributed by atoms with E-state index in [1.54, 1.807) is 0 Å². The van der Waals surface area contributed by atoms with Crippen molar-refractivity contribution in [3.63, 3.8) is 0 Å². The molecule has 0 saturated carbocycles. The fourth-order valence-corrected chi connectivity index (χ4v) is 3.22. The lowest BCUT2D eigenvalue weighted by molar-refractivity contribution is 0.213. The first kappa shape index (κ1) is 14.3. The molecule has 1 aliphatic rings. The van der Waals surface area contributed by atoms with Gasteiger partial charge in [0.05, 0.1) is 0 Å². The molecule has 2 nitrogen and oxygen atoms in total. The first-order valence-corrected chi connectivity index (χ1v) is 7.85. The lowest BCUT2D eigenvalue weighted by atomic mass is 10.2. The van der Waals surface area contributed by atoms with Gasteiger partial charge in [0.1, 0.15) is 0 Å². The highest BCUT2D eigenvalue weighted by Crippen LogP contribution is 2.19. The summed E-state index contributed by atoms with van der Waals surface area (Å²) in [4.78, 5) is 2.63. The summed E-state index contributed by atoms with van der Waals surface area (Å²) in [6.07, 6.45) is 4.01. The van der Waals surface area contributed by atoms with Crippen LogP contribution in [0.25, 0.3) is 0 Å². The van der Waals surface area contributed by atoms with Gasteiger partial charge in [0.15, 0.2) is 0 Å². The lowest BCUT2D eigenvalue weighted by Crippen LogP contribution is -2.46. The minimum absolute atomic E-state index is 0.699. The molecule has 0 amide bonds. The lowest BCUT2D eigenvalue weighted by Gasteiger charge is -2.35. The third kappa shape index (κ3) is 5.55. The number of unbranched alkanes of at least 4 members (excludes halogenated alkanes) is 2. The number of thioether (sulfide) groups is 1. The normalized spacial score (nSPS) is 24.6. The second kappa shape index (κ2) is 8.37. The SMILES string of the molecule is CCCCCNCC(C)N1CCSC(C)C1. The van der Waals surface area contributed by atoms with Gasteiger partial charge in [-0.25, -0.2) is 0 Å². The Bertz CT molecular complexity index is 175. The van der Waals surface area contributed by atoms with Crippen LogP contribution in [0.1, 0.15) is 40.0 Å². The number of hydrogen-bond acceptors (Lipinski definition) is 3. The quantitative estimate of drug-likeness (QED) is 0.693. The van der Waals surface area contributed by atoms with Gasteiger partial charge in [-0.3, -0.25) is 4.90 Å². The molecular formula is C13H28N2S. The maximum absolute atomic E-state index is 3.58. The number of hydrogen-bond donors (Lipinski definition) is 1. The fraction of sp³-hybridized carbons (Fsp3) is 1.00. The minimum Gasteiger partial charge on any atom is -0.315 e. The van der Waals surface area contributed by atoms with Crippen LogP contribution in [0.3, 0.4) is 0 Å². The molecule has 0 bridgehead atoms. The molecule has 0 aromatic heterocycles. The van der Waals surface area contributed by atoms with Crippen LogP contribution < -0.4 is 5.32 Å². The molecule has 0 aromatic carbocycles. The molecule has 2 unspecified atom stereocenters. The predicted molar refractivity (Wildman–Crippen MR) is 75.3 cm³/mol. The summed E-state index contributed by atoms with van der Waals surface area (Å²) in [6, 6.07) is 0.699. The average Bonchev–Trinajstić information content (AvgIpc) is 2.28. The molecular weight excluding hydrogens is 216 g/mol. The van der Waals surface area contributed by atoms with E-state index >= 15 is 0 Å².